The molecule has 1 N–H and O–H groups in total. The fourth-order valence-electron chi connectivity index (χ4n) is 4.75. The lowest BCUT2D eigenvalue weighted by Crippen LogP contribution is -2.45. The van der Waals surface area contributed by atoms with E-state index in [2.05, 4.69) is 32.2 Å². The van der Waals surface area contributed by atoms with Gasteiger partial charge in [-0.15, -0.1) is 0 Å². The van der Waals surface area contributed by atoms with Gasteiger partial charge in [-0.1, -0.05) is 20.8 Å². The Hall–Kier alpha value is -1.38. The van der Waals surface area contributed by atoms with E-state index in [0.717, 1.165) is 23.1 Å². The van der Waals surface area contributed by atoms with E-state index < -0.39 is 0 Å². The van der Waals surface area contributed by atoms with Gasteiger partial charge in [-0.2, -0.15) is 0 Å². The first kappa shape index (κ1) is 14.6. The highest BCUT2D eigenvalue weighted by Gasteiger charge is 2.59. The number of anilines is 1. The van der Waals surface area contributed by atoms with Crippen molar-refractivity contribution in [1.82, 2.24) is 0 Å². The molecule has 2 aliphatic carbocycles. The highest BCUT2D eigenvalue weighted by Crippen LogP contribution is 2.63. The molecule has 21 heavy (non-hydrogen) atoms. The average Bonchev–Trinajstić information content (AvgIpc) is 2.94. The highest BCUT2D eigenvalue weighted by atomic mass is 16.5. The lowest BCUT2D eigenvalue weighted by Gasteiger charge is -2.43. The average molecular weight is 289 g/mol. The van der Waals surface area contributed by atoms with Crippen molar-refractivity contribution >= 4 is 5.69 Å². The minimum atomic E-state index is 0.347. The van der Waals surface area contributed by atoms with Gasteiger partial charge < -0.3 is 14.8 Å². The van der Waals surface area contributed by atoms with Gasteiger partial charge >= 0.3 is 0 Å². The van der Waals surface area contributed by atoms with Gasteiger partial charge in [0.05, 0.1) is 14.2 Å². The number of benzene rings is 1. The summed E-state index contributed by atoms with van der Waals surface area (Å²) in [6, 6.07) is 6.63. The van der Waals surface area contributed by atoms with Crippen molar-refractivity contribution in [3.63, 3.8) is 0 Å². The molecular weight excluding hydrogens is 262 g/mol. The maximum absolute atomic E-state index is 5.42. The number of rotatable bonds is 4. The van der Waals surface area contributed by atoms with Gasteiger partial charge in [0, 0.05) is 17.8 Å². The van der Waals surface area contributed by atoms with Crippen LogP contribution in [0.4, 0.5) is 5.69 Å². The Balaban J connectivity index is 1.87. The Kier molecular flexibility index (Phi) is 3.34. The van der Waals surface area contributed by atoms with Crippen molar-refractivity contribution in [1.29, 1.82) is 0 Å². The molecule has 1 aromatic rings. The summed E-state index contributed by atoms with van der Waals surface area (Å²) < 4.78 is 10.7. The van der Waals surface area contributed by atoms with Gasteiger partial charge in [0.25, 0.3) is 0 Å². The maximum Gasteiger partial charge on any atom is 0.162 e. The van der Waals surface area contributed by atoms with E-state index in [9.17, 15) is 0 Å². The molecule has 0 aliphatic heterocycles. The molecule has 3 unspecified atom stereocenters. The zero-order valence-electron chi connectivity index (χ0n) is 13.8. The molecule has 2 aliphatic rings. The number of ether oxygens (including phenoxy) is 2. The number of hydrogen-bond donors (Lipinski definition) is 1. The number of nitrogens with one attached hydrogen (secondary N) is 1. The zero-order chi connectivity index (χ0) is 15.3. The summed E-state index contributed by atoms with van der Waals surface area (Å²) in [6.07, 6.45) is 4.07. The van der Waals surface area contributed by atoms with Gasteiger partial charge in [0.15, 0.2) is 11.5 Å². The first-order valence-corrected chi connectivity index (χ1v) is 7.89. The smallest absolute Gasteiger partial charge is 0.162 e. The van der Waals surface area contributed by atoms with Gasteiger partial charge in [0.1, 0.15) is 0 Å². The van der Waals surface area contributed by atoms with Crippen LogP contribution in [0.15, 0.2) is 18.2 Å². The lowest BCUT2D eigenvalue weighted by molar-refractivity contribution is 0.155. The van der Waals surface area contributed by atoms with Crippen LogP contribution in [0.1, 0.15) is 40.0 Å². The maximum atomic E-state index is 5.42. The van der Waals surface area contributed by atoms with Crippen LogP contribution in [0, 0.1) is 16.7 Å². The van der Waals surface area contributed by atoms with Gasteiger partial charge in [-0.3, -0.25) is 0 Å². The quantitative estimate of drug-likeness (QED) is 0.895. The second-order valence-corrected chi connectivity index (χ2v) is 7.56. The predicted octanol–water partition coefficient (Wildman–Crippen LogP) is 4.33. The summed E-state index contributed by atoms with van der Waals surface area (Å²) in [6.45, 7) is 7.28. The monoisotopic (exact) mass is 289 g/mol. The summed E-state index contributed by atoms with van der Waals surface area (Å²) in [7, 11) is 3.36. The van der Waals surface area contributed by atoms with Crippen LogP contribution in [0.5, 0.6) is 11.5 Å². The topological polar surface area (TPSA) is 30.5 Å². The molecule has 0 amide bonds. The van der Waals surface area contributed by atoms with Crippen molar-refractivity contribution in [2.75, 3.05) is 19.5 Å². The molecule has 3 nitrogen and oxygen atoms in total. The van der Waals surface area contributed by atoms with Crippen molar-refractivity contribution in [2.24, 2.45) is 16.7 Å². The number of hydrogen-bond acceptors (Lipinski definition) is 3. The van der Waals surface area contributed by atoms with Crippen molar-refractivity contribution in [3.05, 3.63) is 18.2 Å². The predicted molar refractivity (Wildman–Crippen MR) is 86.2 cm³/mol. The molecule has 2 bridgehead atoms. The van der Waals surface area contributed by atoms with Gasteiger partial charge in [0.2, 0.25) is 0 Å². The van der Waals surface area contributed by atoms with Gasteiger partial charge in [-0.25, -0.2) is 0 Å². The molecule has 0 radical (unpaired) electrons. The molecule has 1 aromatic carbocycles. The van der Waals surface area contributed by atoms with E-state index >= 15 is 0 Å². The minimum Gasteiger partial charge on any atom is -0.493 e. The van der Waals surface area contributed by atoms with Crippen molar-refractivity contribution < 1.29 is 9.47 Å². The second-order valence-electron chi connectivity index (χ2n) is 7.56. The van der Waals surface area contributed by atoms with E-state index in [1.165, 1.54) is 19.3 Å². The van der Waals surface area contributed by atoms with Crippen LogP contribution in [0.3, 0.4) is 0 Å². The second kappa shape index (κ2) is 4.82. The van der Waals surface area contributed by atoms with Crippen LogP contribution in [0.2, 0.25) is 0 Å². The fourth-order valence-corrected chi connectivity index (χ4v) is 4.75. The molecule has 0 aromatic heterocycles. The Morgan fingerprint density at radius 3 is 2.38 bits per heavy atom. The molecule has 0 saturated heterocycles. The Morgan fingerprint density at radius 2 is 1.81 bits per heavy atom. The SMILES string of the molecule is COc1ccc(NC2C3(C)CCC(C3)C2(C)C)cc1OC. The van der Waals surface area contributed by atoms with Crippen LogP contribution < -0.4 is 14.8 Å². The first-order chi connectivity index (χ1) is 9.90. The summed E-state index contributed by atoms with van der Waals surface area (Å²) in [5, 5.41) is 3.79. The largest absolute Gasteiger partial charge is 0.493 e. The molecule has 2 saturated carbocycles. The Labute approximate surface area is 128 Å². The minimum absolute atomic E-state index is 0.347. The number of methoxy groups -OCH3 is 2. The van der Waals surface area contributed by atoms with Crippen LogP contribution >= 0.6 is 0 Å². The third-order valence-electron chi connectivity index (χ3n) is 5.96. The van der Waals surface area contributed by atoms with Gasteiger partial charge in [-0.05, 0) is 48.1 Å². The third-order valence-corrected chi connectivity index (χ3v) is 5.96. The summed E-state index contributed by atoms with van der Waals surface area (Å²) in [5.74, 6) is 2.41. The summed E-state index contributed by atoms with van der Waals surface area (Å²) in [4.78, 5) is 0. The van der Waals surface area contributed by atoms with Crippen LogP contribution in [-0.2, 0) is 0 Å². The van der Waals surface area contributed by atoms with Crippen LogP contribution in [0.25, 0.3) is 0 Å². The Bertz CT molecular complexity index is 535. The standard InChI is InChI=1S/C18H27NO2/c1-17(2)12-8-9-18(3,11-12)16(17)19-13-6-7-14(20-4)15(10-13)21-5/h6-7,10,12,16,19H,8-9,11H2,1-5H3. The normalized spacial score (nSPS) is 33.0. The van der Waals surface area contributed by atoms with Crippen molar-refractivity contribution in [3.8, 4) is 11.5 Å². The molecule has 3 heteroatoms. The third kappa shape index (κ3) is 2.18. The molecule has 116 valence electrons. The first-order valence-electron chi connectivity index (χ1n) is 7.89. The van der Waals surface area contributed by atoms with E-state index in [0.29, 0.717) is 16.9 Å². The van der Waals surface area contributed by atoms with E-state index in [-0.39, 0.29) is 0 Å². The lowest BCUT2D eigenvalue weighted by atomic mass is 9.68. The van der Waals surface area contributed by atoms with E-state index in [1.54, 1.807) is 14.2 Å². The highest BCUT2D eigenvalue weighted by molar-refractivity contribution is 5.56. The van der Waals surface area contributed by atoms with Crippen molar-refractivity contribution in [2.45, 2.75) is 46.1 Å². The summed E-state index contributed by atoms with van der Waals surface area (Å²) in [5.41, 5.74) is 1.89. The molecule has 2 fully saturated rings. The summed E-state index contributed by atoms with van der Waals surface area (Å²) >= 11 is 0. The van der Waals surface area contributed by atoms with Crippen LogP contribution in [-0.4, -0.2) is 20.3 Å². The molecule has 3 atom stereocenters. The molecule has 3 rings (SSSR count). The van der Waals surface area contributed by atoms with E-state index in [4.69, 9.17) is 9.47 Å². The van der Waals surface area contributed by atoms with E-state index in [1.807, 2.05) is 12.1 Å². The Morgan fingerprint density at radius 1 is 1.10 bits per heavy atom. The number of fused-ring (bicyclic) bond motifs is 2. The molecule has 0 spiro atoms. The molecular formula is C18H27NO2. The zero-order valence-corrected chi connectivity index (χ0v) is 13.8. The molecule has 0 heterocycles. The fraction of sp³-hybridized carbons (Fsp3) is 0.667.